The van der Waals surface area contributed by atoms with E-state index < -0.39 is 11.4 Å². The lowest BCUT2D eigenvalue weighted by Crippen LogP contribution is -2.42. The molecule has 0 aromatic carbocycles. The van der Waals surface area contributed by atoms with Crippen LogP contribution in [0.3, 0.4) is 0 Å². The van der Waals surface area contributed by atoms with Crippen LogP contribution in [0.5, 0.6) is 0 Å². The van der Waals surface area contributed by atoms with Crippen molar-refractivity contribution >= 4 is 5.97 Å². The van der Waals surface area contributed by atoms with Gasteiger partial charge in [-0.05, 0) is 43.7 Å². The molecule has 2 atom stereocenters. The fourth-order valence-electron chi connectivity index (χ4n) is 3.15. The first-order valence-corrected chi connectivity index (χ1v) is 6.89. The summed E-state index contributed by atoms with van der Waals surface area (Å²) in [7, 11) is 0. The zero-order chi connectivity index (χ0) is 13.5. The van der Waals surface area contributed by atoms with Gasteiger partial charge in [-0.1, -0.05) is 6.07 Å². The maximum absolute atomic E-state index is 11.9. The molecule has 0 spiro atoms. The summed E-state index contributed by atoms with van der Waals surface area (Å²) in [5.41, 5.74) is 1.17. The average molecular weight is 261 g/mol. The third-order valence-corrected chi connectivity index (χ3v) is 4.47. The average Bonchev–Trinajstić information content (AvgIpc) is 3.13. The van der Waals surface area contributed by atoms with Crippen LogP contribution < -0.4 is 0 Å². The fourth-order valence-corrected chi connectivity index (χ4v) is 3.15. The molecular formula is C15H19NO3. The number of hydrogen-bond acceptors (Lipinski definition) is 3. The molecule has 19 heavy (non-hydrogen) atoms. The number of nitrogens with zero attached hydrogens (tertiary/aromatic N) is 1. The van der Waals surface area contributed by atoms with Gasteiger partial charge in [-0.15, -0.1) is 0 Å². The summed E-state index contributed by atoms with van der Waals surface area (Å²) in [4.78, 5) is 16.2. The second kappa shape index (κ2) is 4.60. The Morgan fingerprint density at radius 3 is 3.00 bits per heavy atom. The van der Waals surface area contributed by atoms with Crippen LogP contribution in [0.4, 0.5) is 0 Å². The topological polar surface area (TPSA) is 59.4 Å². The molecule has 1 saturated heterocycles. The Hall–Kier alpha value is -1.42. The molecule has 1 aliphatic carbocycles. The number of aryl methyl sites for hydroxylation is 1. The van der Waals surface area contributed by atoms with Crippen LogP contribution in [-0.2, 0) is 16.0 Å². The Morgan fingerprint density at radius 1 is 1.58 bits per heavy atom. The van der Waals surface area contributed by atoms with Crippen LogP contribution in [0.15, 0.2) is 18.3 Å². The third kappa shape index (κ3) is 2.14. The molecule has 1 aromatic rings. The van der Waals surface area contributed by atoms with Crippen molar-refractivity contribution in [3.05, 3.63) is 29.6 Å². The molecule has 2 fully saturated rings. The van der Waals surface area contributed by atoms with Crippen molar-refractivity contribution in [1.82, 2.24) is 4.98 Å². The first kappa shape index (κ1) is 12.6. The van der Waals surface area contributed by atoms with Crippen LogP contribution in [0.1, 0.15) is 30.5 Å². The molecule has 1 aromatic heterocycles. The summed E-state index contributed by atoms with van der Waals surface area (Å²) in [5, 5.41) is 9.76. The van der Waals surface area contributed by atoms with Gasteiger partial charge in [0.05, 0.1) is 6.10 Å². The van der Waals surface area contributed by atoms with E-state index in [0.717, 1.165) is 24.1 Å². The highest BCUT2D eigenvalue weighted by atomic mass is 16.5. The van der Waals surface area contributed by atoms with Crippen LogP contribution in [0.25, 0.3) is 0 Å². The highest BCUT2D eigenvalue weighted by molar-refractivity contribution is 5.76. The predicted octanol–water partition coefficient (Wildman–Crippen LogP) is 2.20. The van der Waals surface area contributed by atoms with E-state index in [9.17, 15) is 9.90 Å². The van der Waals surface area contributed by atoms with Crippen LogP contribution >= 0.6 is 0 Å². The summed E-state index contributed by atoms with van der Waals surface area (Å²) < 4.78 is 5.76. The van der Waals surface area contributed by atoms with Crippen molar-refractivity contribution in [3.8, 4) is 0 Å². The molecule has 4 heteroatoms. The zero-order valence-corrected chi connectivity index (χ0v) is 11.1. The van der Waals surface area contributed by atoms with Crippen molar-refractivity contribution in [2.75, 3.05) is 6.61 Å². The van der Waals surface area contributed by atoms with E-state index in [4.69, 9.17) is 4.74 Å². The lowest BCUT2D eigenvalue weighted by atomic mass is 9.74. The third-order valence-electron chi connectivity index (χ3n) is 4.47. The van der Waals surface area contributed by atoms with E-state index in [0.29, 0.717) is 25.4 Å². The fraction of sp³-hybridized carbons (Fsp3) is 0.600. The zero-order valence-electron chi connectivity index (χ0n) is 11.1. The van der Waals surface area contributed by atoms with Gasteiger partial charge >= 0.3 is 5.97 Å². The Bertz CT molecular complexity index is 498. The second-order valence-corrected chi connectivity index (χ2v) is 5.78. The summed E-state index contributed by atoms with van der Waals surface area (Å²) >= 11 is 0. The first-order valence-electron chi connectivity index (χ1n) is 6.89. The summed E-state index contributed by atoms with van der Waals surface area (Å²) in [6.45, 7) is 2.54. The minimum Gasteiger partial charge on any atom is -0.481 e. The van der Waals surface area contributed by atoms with E-state index in [1.54, 1.807) is 6.20 Å². The smallest absolute Gasteiger partial charge is 0.312 e. The second-order valence-electron chi connectivity index (χ2n) is 5.78. The Labute approximate surface area is 112 Å². The molecule has 0 radical (unpaired) electrons. The molecule has 2 heterocycles. The summed E-state index contributed by atoms with van der Waals surface area (Å²) in [6.07, 6.45) is 4.88. The van der Waals surface area contributed by atoms with Crippen molar-refractivity contribution in [2.45, 2.75) is 38.7 Å². The molecule has 2 unspecified atom stereocenters. The number of carbonyl (C=O) groups is 1. The lowest BCUT2D eigenvalue weighted by molar-refractivity contribution is -0.153. The van der Waals surface area contributed by atoms with Crippen LogP contribution in [0.2, 0.25) is 0 Å². The van der Waals surface area contributed by atoms with Gasteiger partial charge in [0, 0.05) is 24.9 Å². The normalized spacial score (nSPS) is 30.5. The van der Waals surface area contributed by atoms with Gasteiger partial charge in [-0.2, -0.15) is 0 Å². The number of pyridine rings is 1. The molecule has 102 valence electrons. The van der Waals surface area contributed by atoms with Crippen LogP contribution in [-0.4, -0.2) is 28.8 Å². The highest BCUT2D eigenvalue weighted by Crippen LogP contribution is 2.49. The van der Waals surface area contributed by atoms with Gasteiger partial charge in [0.25, 0.3) is 0 Å². The number of carboxylic acids is 1. The van der Waals surface area contributed by atoms with Gasteiger partial charge in [0.1, 0.15) is 5.41 Å². The quantitative estimate of drug-likeness (QED) is 0.902. The van der Waals surface area contributed by atoms with Gasteiger partial charge in [-0.3, -0.25) is 9.78 Å². The molecule has 1 aliphatic heterocycles. The van der Waals surface area contributed by atoms with Gasteiger partial charge in [0.15, 0.2) is 0 Å². The standard InChI is InChI=1S/C15H19NO3/c1-10-3-2-7-16-12(10)9-15(14(17)18)6-8-19-13(15)11-4-5-11/h2-3,7,11,13H,4-6,8-9H2,1H3,(H,17,18). The monoisotopic (exact) mass is 261 g/mol. The minimum atomic E-state index is -0.777. The van der Waals surface area contributed by atoms with Gasteiger partial charge < -0.3 is 9.84 Å². The lowest BCUT2D eigenvalue weighted by Gasteiger charge is -2.30. The molecule has 0 amide bonds. The number of ether oxygens (including phenoxy) is 1. The van der Waals surface area contributed by atoms with E-state index in [-0.39, 0.29) is 6.10 Å². The SMILES string of the molecule is Cc1cccnc1CC1(C(=O)O)CCOC1C1CC1. The number of hydrogen-bond donors (Lipinski definition) is 1. The largest absolute Gasteiger partial charge is 0.481 e. The molecular weight excluding hydrogens is 242 g/mol. The molecule has 1 saturated carbocycles. The minimum absolute atomic E-state index is 0.133. The molecule has 1 N–H and O–H groups in total. The molecule has 4 nitrogen and oxygen atoms in total. The number of carboxylic acid groups (broad SMARTS) is 1. The highest BCUT2D eigenvalue weighted by Gasteiger charge is 2.56. The van der Waals surface area contributed by atoms with Crippen molar-refractivity contribution in [1.29, 1.82) is 0 Å². The number of aliphatic carboxylic acids is 1. The van der Waals surface area contributed by atoms with Crippen LogP contribution in [0, 0.1) is 18.3 Å². The number of rotatable bonds is 4. The molecule has 3 rings (SSSR count). The first-order chi connectivity index (χ1) is 9.13. The summed E-state index contributed by atoms with van der Waals surface area (Å²) in [6, 6.07) is 3.87. The van der Waals surface area contributed by atoms with Gasteiger partial charge in [-0.25, -0.2) is 0 Å². The van der Waals surface area contributed by atoms with E-state index >= 15 is 0 Å². The van der Waals surface area contributed by atoms with Crippen molar-refractivity contribution < 1.29 is 14.6 Å². The molecule has 2 aliphatic rings. The maximum Gasteiger partial charge on any atom is 0.312 e. The Balaban J connectivity index is 1.92. The van der Waals surface area contributed by atoms with E-state index in [1.807, 2.05) is 19.1 Å². The van der Waals surface area contributed by atoms with E-state index in [1.165, 1.54) is 0 Å². The van der Waals surface area contributed by atoms with Crippen molar-refractivity contribution in [2.24, 2.45) is 11.3 Å². The summed E-state index contributed by atoms with van der Waals surface area (Å²) in [5.74, 6) is -0.297. The number of aromatic nitrogens is 1. The predicted molar refractivity (Wildman–Crippen MR) is 69.8 cm³/mol. The maximum atomic E-state index is 11.9. The van der Waals surface area contributed by atoms with Crippen molar-refractivity contribution in [3.63, 3.8) is 0 Å². The van der Waals surface area contributed by atoms with Gasteiger partial charge in [0.2, 0.25) is 0 Å². The van der Waals surface area contributed by atoms with E-state index in [2.05, 4.69) is 4.98 Å². The Morgan fingerprint density at radius 2 is 2.37 bits per heavy atom. The molecule has 0 bridgehead atoms. The Kier molecular flexibility index (Phi) is 3.05.